The van der Waals surface area contributed by atoms with Gasteiger partial charge in [0.1, 0.15) is 17.5 Å². The lowest BCUT2D eigenvalue weighted by Gasteiger charge is -1.96. The third-order valence-electron chi connectivity index (χ3n) is 2.63. The quantitative estimate of drug-likeness (QED) is 0.709. The van der Waals surface area contributed by atoms with E-state index in [4.69, 9.17) is 14.5 Å². The summed E-state index contributed by atoms with van der Waals surface area (Å²) in [6.45, 7) is 0. The fourth-order valence-electron chi connectivity index (χ4n) is 1.62. The largest absolute Gasteiger partial charge is 0.480 e. The molecule has 0 aliphatic rings. The normalized spacial score (nSPS) is 10.1. The van der Waals surface area contributed by atoms with Crippen molar-refractivity contribution in [2.24, 2.45) is 0 Å². The van der Waals surface area contributed by atoms with Crippen molar-refractivity contribution in [3.05, 3.63) is 36.2 Å². The Balaban J connectivity index is 1.93. The molecule has 0 amide bonds. The first-order valence-corrected chi connectivity index (χ1v) is 5.88. The second kappa shape index (κ2) is 5.34. The van der Waals surface area contributed by atoms with Crippen LogP contribution in [0.4, 0.5) is 0 Å². The van der Waals surface area contributed by atoms with Gasteiger partial charge in [-0.3, -0.25) is 0 Å². The first-order valence-electron chi connectivity index (χ1n) is 5.88. The van der Waals surface area contributed by atoms with Crippen LogP contribution in [0.1, 0.15) is 5.69 Å². The molecule has 0 aromatic carbocycles. The van der Waals surface area contributed by atoms with Crippen molar-refractivity contribution in [3.8, 4) is 34.9 Å². The Bertz CT molecular complexity index is 806. The number of hydrogen-bond donors (Lipinski definition) is 0. The third kappa shape index (κ3) is 2.52. The molecule has 3 aromatic rings. The minimum atomic E-state index is 0.275. The van der Waals surface area contributed by atoms with Crippen molar-refractivity contribution in [1.82, 2.24) is 25.3 Å². The molecule has 0 aliphatic carbocycles. The van der Waals surface area contributed by atoms with Crippen molar-refractivity contribution >= 4 is 0 Å². The maximum atomic E-state index is 8.83. The monoisotopic (exact) mass is 280 g/mol. The van der Waals surface area contributed by atoms with Crippen LogP contribution in [0, 0.1) is 11.3 Å². The number of rotatable bonds is 3. The Morgan fingerprint density at radius 3 is 2.86 bits per heavy atom. The van der Waals surface area contributed by atoms with Crippen LogP contribution in [-0.2, 0) is 0 Å². The van der Waals surface area contributed by atoms with Crippen LogP contribution < -0.4 is 4.74 Å². The molecule has 0 aliphatic heterocycles. The van der Waals surface area contributed by atoms with Gasteiger partial charge in [-0.1, -0.05) is 5.16 Å². The van der Waals surface area contributed by atoms with Crippen molar-refractivity contribution in [3.63, 3.8) is 0 Å². The van der Waals surface area contributed by atoms with Crippen molar-refractivity contribution in [2.45, 2.75) is 0 Å². The predicted octanol–water partition coefficient (Wildman–Crippen LogP) is 1.47. The zero-order valence-electron chi connectivity index (χ0n) is 10.9. The second-order valence-electron chi connectivity index (χ2n) is 3.93. The highest BCUT2D eigenvalue weighted by Gasteiger charge is 2.13. The first kappa shape index (κ1) is 12.7. The summed E-state index contributed by atoms with van der Waals surface area (Å²) < 4.78 is 10.1. The van der Waals surface area contributed by atoms with Gasteiger partial charge in [0.15, 0.2) is 0 Å². The topological polar surface area (TPSA) is 111 Å². The SMILES string of the molecule is COc1ccc(-c2noc(-c3ccnc(C#N)c3)n2)nn1. The molecule has 0 unspecified atom stereocenters. The van der Waals surface area contributed by atoms with Crippen LogP contribution in [0.25, 0.3) is 23.0 Å². The number of pyridine rings is 1. The maximum absolute atomic E-state index is 8.83. The van der Waals surface area contributed by atoms with Crippen molar-refractivity contribution in [1.29, 1.82) is 5.26 Å². The molecular weight excluding hydrogens is 272 g/mol. The molecule has 0 bridgehead atoms. The number of nitrogens with zero attached hydrogens (tertiary/aromatic N) is 6. The molecule has 0 saturated carbocycles. The summed E-state index contributed by atoms with van der Waals surface area (Å²) in [6.07, 6.45) is 1.50. The van der Waals surface area contributed by atoms with E-state index >= 15 is 0 Å². The van der Waals surface area contributed by atoms with E-state index in [1.807, 2.05) is 6.07 Å². The summed E-state index contributed by atoms with van der Waals surface area (Å²) in [7, 11) is 1.51. The van der Waals surface area contributed by atoms with E-state index in [-0.39, 0.29) is 11.6 Å². The van der Waals surface area contributed by atoms with Gasteiger partial charge in [-0.2, -0.15) is 10.2 Å². The van der Waals surface area contributed by atoms with Gasteiger partial charge in [0.05, 0.1) is 7.11 Å². The smallest absolute Gasteiger partial charge is 0.258 e. The van der Waals surface area contributed by atoms with Crippen molar-refractivity contribution < 1.29 is 9.26 Å². The fraction of sp³-hybridized carbons (Fsp3) is 0.0769. The predicted molar refractivity (Wildman–Crippen MR) is 69.8 cm³/mol. The molecule has 8 nitrogen and oxygen atoms in total. The summed E-state index contributed by atoms with van der Waals surface area (Å²) >= 11 is 0. The minimum absolute atomic E-state index is 0.275. The summed E-state index contributed by atoms with van der Waals surface area (Å²) in [5.74, 6) is 0.979. The number of hydrogen-bond acceptors (Lipinski definition) is 8. The Morgan fingerprint density at radius 1 is 1.24 bits per heavy atom. The molecule has 0 radical (unpaired) electrons. The lowest BCUT2D eigenvalue weighted by molar-refractivity contribution is 0.392. The highest BCUT2D eigenvalue weighted by atomic mass is 16.5. The Morgan fingerprint density at radius 2 is 2.14 bits per heavy atom. The highest BCUT2D eigenvalue weighted by Crippen LogP contribution is 2.21. The fourth-order valence-corrected chi connectivity index (χ4v) is 1.62. The maximum Gasteiger partial charge on any atom is 0.258 e. The molecule has 3 heterocycles. The minimum Gasteiger partial charge on any atom is -0.480 e. The van der Waals surface area contributed by atoms with Crippen LogP contribution in [0.5, 0.6) is 5.88 Å². The zero-order chi connectivity index (χ0) is 14.7. The highest BCUT2D eigenvalue weighted by molar-refractivity contribution is 5.57. The number of ether oxygens (including phenoxy) is 1. The van der Waals surface area contributed by atoms with Crippen LogP contribution in [0.2, 0.25) is 0 Å². The Kier molecular flexibility index (Phi) is 3.22. The molecular formula is C13H8N6O2. The molecule has 0 spiro atoms. The van der Waals surface area contributed by atoms with Crippen LogP contribution >= 0.6 is 0 Å². The summed E-state index contributed by atoms with van der Waals surface area (Å²) in [5, 5.41) is 20.4. The number of methoxy groups -OCH3 is 1. The molecule has 21 heavy (non-hydrogen) atoms. The van der Waals surface area contributed by atoms with Crippen molar-refractivity contribution in [2.75, 3.05) is 7.11 Å². The average molecular weight is 280 g/mol. The summed E-state index contributed by atoms with van der Waals surface area (Å²) in [5.41, 5.74) is 1.35. The Hall–Kier alpha value is -3.34. The lowest BCUT2D eigenvalue weighted by Crippen LogP contribution is -1.93. The van der Waals surface area contributed by atoms with E-state index in [1.165, 1.54) is 13.3 Å². The molecule has 3 aromatic heterocycles. The van der Waals surface area contributed by atoms with Gasteiger partial charge in [-0.05, 0) is 18.2 Å². The average Bonchev–Trinajstić information content (AvgIpc) is 3.05. The molecule has 0 saturated heterocycles. The van der Waals surface area contributed by atoms with Gasteiger partial charge in [0.25, 0.3) is 5.89 Å². The second-order valence-corrected chi connectivity index (χ2v) is 3.93. The van der Waals surface area contributed by atoms with E-state index in [2.05, 4.69) is 25.3 Å². The zero-order valence-corrected chi connectivity index (χ0v) is 10.9. The van der Waals surface area contributed by atoms with Gasteiger partial charge >= 0.3 is 0 Å². The molecule has 0 fully saturated rings. The first-order chi connectivity index (χ1) is 10.3. The van der Waals surface area contributed by atoms with Crippen LogP contribution in [-0.4, -0.2) is 32.4 Å². The number of aromatic nitrogens is 5. The lowest BCUT2D eigenvalue weighted by atomic mass is 10.2. The van der Waals surface area contributed by atoms with Gasteiger partial charge in [-0.15, -0.1) is 10.2 Å². The molecule has 0 atom stereocenters. The molecule has 0 N–H and O–H groups in total. The molecule has 102 valence electrons. The van der Waals surface area contributed by atoms with E-state index < -0.39 is 0 Å². The Labute approximate surface area is 119 Å². The standard InChI is InChI=1S/C13H8N6O2/c1-20-11-3-2-10(17-18-11)12-16-13(21-19-12)8-4-5-15-9(6-8)7-14/h2-6H,1H3. The van der Waals surface area contributed by atoms with Gasteiger partial charge in [0.2, 0.25) is 11.7 Å². The van der Waals surface area contributed by atoms with Crippen LogP contribution in [0.3, 0.4) is 0 Å². The van der Waals surface area contributed by atoms with Gasteiger partial charge in [0, 0.05) is 17.8 Å². The van der Waals surface area contributed by atoms with Gasteiger partial charge < -0.3 is 9.26 Å². The van der Waals surface area contributed by atoms with E-state index in [0.29, 0.717) is 23.0 Å². The van der Waals surface area contributed by atoms with E-state index in [9.17, 15) is 0 Å². The molecule has 3 rings (SSSR count). The van der Waals surface area contributed by atoms with Crippen LogP contribution in [0.15, 0.2) is 35.0 Å². The van der Waals surface area contributed by atoms with E-state index in [0.717, 1.165) is 0 Å². The summed E-state index contributed by atoms with van der Waals surface area (Å²) in [4.78, 5) is 8.10. The van der Waals surface area contributed by atoms with E-state index in [1.54, 1.807) is 24.3 Å². The summed E-state index contributed by atoms with van der Waals surface area (Å²) in [6, 6.07) is 8.52. The third-order valence-corrected chi connectivity index (χ3v) is 2.63. The van der Waals surface area contributed by atoms with Gasteiger partial charge in [-0.25, -0.2) is 4.98 Å². The number of nitriles is 1. The molecule has 8 heteroatoms.